The Labute approximate surface area is 117 Å². The van der Waals surface area contributed by atoms with Gasteiger partial charge in [0, 0.05) is 20.1 Å². The van der Waals surface area contributed by atoms with Crippen molar-refractivity contribution in [2.75, 3.05) is 40.8 Å². The van der Waals surface area contributed by atoms with E-state index < -0.39 is 0 Å². The number of hydrogen-bond acceptors (Lipinski definition) is 5. The maximum Gasteiger partial charge on any atom is 0.0973 e. The van der Waals surface area contributed by atoms with Crippen molar-refractivity contribution >= 4 is 25.7 Å². The molecule has 1 heterocycles. The van der Waals surface area contributed by atoms with E-state index in [1.807, 2.05) is 0 Å². The molecule has 17 heavy (non-hydrogen) atoms. The molecule has 0 aliphatic carbocycles. The van der Waals surface area contributed by atoms with Crippen molar-refractivity contribution in [3.05, 3.63) is 0 Å². The predicted octanol–water partition coefficient (Wildman–Crippen LogP) is 1.96. The zero-order chi connectivity index (χ0) is 12.0. The number of hydrogen-bond donors (Lipinski definition) is 0. The standard InChI is InChI=1S/C11H25N3OS.H2S/c1-5-10-15-16-14(4)13(3)11-6-8-12(2)9-7-11;/h11H,5-10H2,1-4H3;1H2. The van der Waals surface area contributed by atoms with Crippen LogP contribution in [0.5, 0.6) is 0 Å². The van der Waals surface area contributed by atoms with E-state index in [1.54, 1.807) is 0 Å². The molecule has 1 aliphatic rings. The molecule has 0 atom stereocenters. The fraction of sp³-hybridized carbons (Fsp3) is 1.00. The molecular formula is C11H27N3OS2. The van der Waals surface area contributed by atoms with E-state index in [-0.39, 0.29) is 13.5 Å². The molecule has 0 bridgehead atoms. The lowest BCUT2D eigenvalue weighted by Gasteiger charge is -2.38. The summed E-state index contributed by atoms with van der Waals surface area (Å²) < 4.78 is 7.57. The third-order valence-electron chi connectivity index (χ3n) is 3.11. The number of likely N-dealkylation sites (tertiary alicyclic amines) is 1. The Morgan fingerprint density at radius 2 is 1.88 bits per heavy atom. The molecule has 0 amide bonds. The average molecular weight is 281 g/mol. The summed E-state index contributed by atoms with van der Waals surface area (Å²) >= 11 is 1.45. The Balaban J connectivity index is 0.00000256. The molecule has 0 aromatic carbocycles. The van der Waals surface area contributed by atoms with E-state index in [1.165, 1.54) is 38.2 Å². The zero-order valence-corrected chi connectivity index (χ0v) is 13.3. The summed E-state index contributed by atoms with van der Waals surface area (Å²) in [5, 5.41) is 2.30. The summed E-state index contributed by atoms with van der Waals surface area (Å²) in [6.45, 7) is 5.34. The molecule has 0 aromatic heterocycles. The second-order valence-corrected chi connectivity index (χ2v) is 5.38. The van der Waals surface area contributed by atoms with Gasteiger partial charge >= 0.3 is 0 Å². The van der Waals surface area contributed by atoms with Crippen molar-refractivity contribution < 1.29 is 4.18 Å². The van der Waals surface area contributed by atoms with Crippen molar-refractivity contribution in [3.63, 3.8) is 0 Å². The largest absolute Gasteiger partial charge is 0.306 e. The predicted molar refractivity (Wildman–Crippen MR) is 80.3 cm³/mol. The van der Waals surface area contributed by atoms with Gasteiger partial charge in [-0.2, -0.15) is 17.9 Å². The van der Waals surface area contributed by atoms with Gasteiger partial charge in [0.05, 0.1) is 18.8 Å². The van der Waals surface area contributed by atoms with Gasteiger partial charge < -0.3 is 9.08 Å². The molecule has 0 unspecified atom stereocenters. The number of piperidine rings is 1. The summed E-state index contributed by atoms with van der Waals surface area (Å²) in [4.78, 5) is 2.39. The molecule has 6 heteroatoms. The lowest BCUT2D eigenvalue weighted by Crippen LogP contribution is -2.46. The molecule has 104 valence electrons. The highest BCUT2D eigenvalue weighted by atomic mass is 32.2. The van der Waals surface area contributed by atoms with Gasteiger partial charge in [-0.05, 0) is 39.4 Å². The van der Waals surface area contributed by atoms with Gasteiger partial charge in [-0.3, -0.25) is 0 Å². The minimum absolute atomic E-state index is 0. The van der Waals surface area contributed by atoms with Crippen molar-refractivity contribution in [2.45, 2.75) is 32.2 Å². The minimum Gasteiger partial charge on any atom is -0.306 e. The first-order valence-electron chi connectivity index (χ1n) is 6.09. The van der Waals surface area contributed by atoms with E-state index in [9.17, 15) is 0 Å². The smallest absolute Gasteiger partial charge is 0.0973 e. The topological polar surface area (TPSA) is 19.0 Å². The van der Waals surface area contributed by atoms with Crippen LogP contribution in [0.1, 0.15) is 26.2 Å². The maximum atomic E-state index is 5.47. The van der Waals surface area contributed by atoms with Crippen LogP contribution < -0.4 is 0 Å². The van der Waals surface area contributed by atoms with E-state index in [0.29, 0.717) is 6.04 Å². The SMILES string of the molecule is CCCOSN(C)N(C)C1CCN(C)CC1.S. The molecule has 0 N–H and O–H groups in total. The molecule has 1 aliphatic heterocycles. The van der Waals surface area contributed by atoms with E-state index in [2.05, 4.69) is 42.4 Å². The van der Waals surface area contributed by atoms with Crippen molar-refractivity contribution in [3.8, 4) is 0 Å². The molecule has 1 saturated heterocycles. The van der Waals surface area contributed by atoms with Crippen LogP contribution in [0.15, 0.2) is 0 Å². The Bertz CT molecular complexity index is 190. The van der Waals surface area contributed by atoms with Gasteiger partial charge in [-0.15, -0.1) is 0 Å². The van der Waals surface area contributed by atoms with Gasteiger partial charge in [-0.1, -0.05) is 6.92 Å². The molecule has 0 aromatic rings. The van der Waals surface area contributed by atoms with Crippen molar-refractivity contribution in [1.29, 1.82) is 0 Å². The second-order valence-electron chi connectivity index (χ2n) is 4.47. The van der Waals surface area contributed by atoms with Crippen molar-refractivity contribution in [2.24, 2.45) is 0 Å². The molecular weight excluding hydrogens is 254 g/mol. The molecule has 4 nitrogen and oxygen atoms in total. The Morgan fingerprint density at radius 3 is 2.41 bits per heavy atom. The fourth-order valence-corrected chi connectivity index (χ4v) is 2.48. The monoisotopic (exact) mass is 281 g/mol. The van der Waals surface area contributed by atoms with E-state index in [0.717, 1.165) is 13.0 Å². The Kier molecular flexibility index (Phi) is 9.77. The molecule has 1 rings (SSSR count). The normalized spacial score (nSPS) is 18.7. The molecule has 0 radical (unpaired) electrons. The van der Waals surface area contributed by atoms with Crippen LogP contribution >= 0.6 is 25.7 Å². The van der Waals surface area contributed by atoms with Gasteiger partial charge in [0.15, 0.2) is 0 Å². The molecule has 0 spiro atoms. The highest BCUT2D eigenvalue weighted by Gasteiger charge is 2.23. The van der Waals surface area contributed by atoms with Gasteiger partial charge in [0.25, 0.3) is 0 Å². The number of rotatable bonds is 6. The van der Waals surface area contributed by atoms with Crippen LogP contribution in [-0.2, 0) is 4.18 Å². The molecule has 1 fully saturated rings. The number of hydrazine groups is 1. The van der Waals surface area contributed by atoms with Crippen LogP contribution in [0.3, 0.4) is 0 Å². The first kappa shape index (κ1) is 17.5. The lowest BCUT2D eigenvalue weighted by atomic mass is 10.1. The first-order chi connectivity index (χ1) is 7.65. The minimum atomic E-state index is 0. The summed E-state index contributed by atoms with van der Waals surface area (Å²) in [5.41, 5.74) is 0. The third-order valence-corrected chi connectivity index (χ3v) is 3.85. The highest BCUT2D eigenvalue weighted by molar-refractivity contribution is 7.92. The third kappa shape index (κ3) is 6.31. The van der Waals surface area contributed by atoms with Crippen LogP contribution in [0.4, 0.5) is 0 Å². The zero-order valence-electron chi connectivity index (χ0n) is 11.5. The first-order valence-corrected chi connectivity index (χ1v) is 6.79. The lowest BCUT2D eigenvalue weighted by molar-refractivity contribution is 0.0336. The van der Waals surface area contributed by atoms with E-state index in [4.69, 9.17) is 4.18 Å². The quantitative estimate of drug-likeness (QED) is 0.320. The van der Waals surface area contributed by atoms with Gasteiger partial charge in [0.2, 0.25) is 0 Å². The maximum absolute atomic E-state index is 5.47. The molecule has 0 saturated carbocycles. The van der Waals surface area contributed by atoms with Gasteiger partial charge in [0.1, 0.15) is 0 Å². The summed E-state index contributed by atoms with van der Waals surface area (Å²) in [7, 11) is 6.41. The highest BCUT2D eigenvalue weighted by Crippen LogP contribution is 2.20. The summed E-state index contributed by atoms with van der Waals surface area (Å²) in [6.07, 6.45) is 3.55. The Morgan fingerprint density at radius 1 is 1.29 bits per heavy atom. The summed E-state index contributed by atoms with van der Waals surface area (Å²) in [5.74, 6) is 0. The number of nitrogens with zero attached hydrogens (tertiary/aromatic N) is 3. The van der Waals surface area contributed by atoms with Crippen LogP contribution in [0.25, 0.3) is 0 Å². The van der Waals surface area contributed by atoms with Crippen molar-refractivity contribution in [1.82, 2.24) is 14.3 Å². The average Bonchev–Trinajstić information content (AvgIpc) is 2.29. The van der Waals surface area contributed by atoms with Crippen LogP contribution in [0.2, 0.25) is 0 Å². The fourth-order valence-electron chi connectivity index (χ4n) is 1.85. The van der Waals surface area contributed by atoms with Crippen LogP contribution in [-0.4, -0.2) is 61.2 Å². The Hall–Kier alpha value is 0.540. The second kappa shape index (κ2) is 9.47. The van der Waals surface area contributed by atoms with E-state index >= 15 is 0 Å². The van der Waals surface area contributed by atoms with Gasteiger partial charge in [-0.25, -0.2) is 5.01 Å². The van der Waals surface area contributed by atoms with Crippen LogP contribution in [0, 0.1) is 0 Å². The summed E-state index contributed by atoms with van der Waals surface area (Å²) in [6, 6.07) is 0.652.